The van der Waals surface area contributed by atoms with E-state index in [0.29, 0.717) is 19.1 Å². The van der Waals surface area contributed by atoms with Gasteiger partial charge < -0.3 is 15.4 Å². The highest BCUT2D eigenvalue weighted by Gasteiger charge is 2.17. The summed E-state index contributed by atoms with van der Waals surface area (Å²) in [5.74, 6) is 0. The quantitative estimate of drug-likeness (QED) is 0.846. The Kier molecular flexibility index (Phi) is 5.95. The van der Waals surface area contributed by atoms with Crippen molar-refractivity contribution in [2.24, 2.45) is 0 Å². The Bertz CT molecular complexity index is 461. The Hall–Kier alpha value is -1.66. The SMILES string of the molecule is Cc1cccc(CNC(=O)NCC(C)N2CCOCC2)n1. The summed E-state index contributed by atoms with van der Waals surface area (Å²) in [5.41, 5.74) is 1.82. The molecule has 2 amide bonds. The first-order valence-corrected chi connectivity index (χ1v) is 7.41. The molecule has 1 unspecified atom stereocenters. The van der Waals surface area contributed by atoms with Gasteiger partial charge in [0, 0.05) is 31.4 Å². The normalized spacial score (nSPS) is 17.2. The van der Waals surface area contributed by atoms with Crippen LogP contribution in [0.2, 0.25) is 0 Å². The molecular formula is C15H24N4O2. The molecule has 0 bridgehead atoms. The van der Waals surface area contributed by atoms with Gasteiger partial charge in [0.1, 0.15) is 0 Å². The van der Waals surface area contributed by atoms with Crippen molar-refractivity contribution in [2.45, 2.75) is 26.4 Å². The fourth-order valence-electron chi connectivity index (χ4n) is 2.32. The number of nitrogens with zero attached hydrogens (tertiary/aromatic N) is 2. The van der Waals surface area contributed by atoms with Gasteiger partial charge in [-0.2, -0.15) is 0 Å². The minimum Gasteiger partial charge on any atom is -0.379 e. The number of aryl methyl sites for hydroxylation is 1. The van der Waals surface area contributed by atoms with Gasteiger partial charge in [0.15, 0.2) is 0 Å². The monoisotopic (exact) mass is 292 g/mol. The van der Waals surface area contributed by atoms with E-state index in [1.807, 2.05) is 25.1 Å². The second-order valence-electron chi connectivity index (χ2n) is 5.33. The number of pyridine rings is 1. The number of ether oxygens (including phenoxy) is 1. The van der Waals surface area contributed by atoms with Crippen molar-refractivity contribution >= 4 is 6.03 Å². The molecule has 0 aromatic carbocycles. The van der Waals surface area contributed by atoms with Crippen LogP contribution >= 0.6 is 0 Å². The van der Waals surface area contributed by atoms with Gasteiger partial charge >= 0.3 is 6.03 Å². The Morgan fingerprint density at radius 1 is 1.38 bits per heavy atom. The fraction of sp³-hybridized carbons (Fsp3) is 0.600. The van der Waals surface area contributed by atoms with E-state index in [9.17, 15) is 4.79 Å². The molecule has 6 heteroatoms. The van der Waals surface area contributed by atoms with Gasteiger partial charge in [-0.3, -0.25) is 9.88 Å². The van der Waals surface area contributed by atoms with Crippen LogP contribution in [0.3, 0.4) is 0 Å². The van der Waals surface area contributed by atoms with Crippen molar-refractivity contribution < 1.29 is 9.53 Å². The second-order valence-corrected chi connectivity index (χ2v) is 5.33. The number of carbonyl (C=O) groups excluding carboxylic acids is 1. The van der Waals surface area contributed by atoms with Crippen LogP contribution in [0.25, 0.3) is 0 Å². The van der Waals surface area contributed by atoms with Crippen molar-refractivity contribution in [3.05, 3.63) is 29.6 Å². The Labute approximate surface area is 125 Å². The molecule has 2 N–H and O–H groups in total. The highest BCUT2D eigenvalue weighted by molar-refractivity contribution is 5.73. The number of carbonyl (C=O) groups is 1. The topological polar surface area (TPSA) is 66.5 Å². The summed E-state index contributed by atoms with van der Waals surface area (Å²) in [6, 6.07) is 5.95. The Morgan fingerprint density at radius 3 is 2.86 bits per heavy atom. The smallest absolute Gasteiger partial charge is 0.315 e. The van der Waals surface area contributed by atoms with Crippen LogP contribution in [-0.4, -0.2) is 54.8 Å². The Morgan fingerprint density at radius 2 is 2.14 bits per heavy atom. The lowest BCUT2D eigenvalue weighted by Gasteiger charge is -2.32. The van der Waals surface area contributed by atoms with Crippen LogP contribution in [-0.2, 0) is 11.3 Å². The number of aromatic nitrogens is 1. The molecule has 6 nitrogen and oxygen atoms in total. The minimum atomic E-state index is -0.154. The van der Waals surface area contributed by atoms with Gasteiger partial charge in [-0.1, -0.05) is 6.07 Å². The van der Waals surface area contributed by atoms with Crippen LogP contribution in [0.1, 0.15) is 18.3 Å². The maximum atomic E-state index is 11.8. The summed E-state index contributed by atoms with van der Waals surface area (Å²) in [4.78, 5) is 18.5. The summed E-state index contributed by atoms with van der Waals surface area (Å²) >= 11 is 0. The number of hydrogen-bond donors (Lipinski definition) is 2. The van der Waals surface area contributed by atoms with Crippen LogP contribution in [0.15, 0.2) is 18.2 Å². The standard InChI is InChI=1S/C15H24N4O2/c1-12-4-3-5-14(18-12)11-17-15(20)16-10-13(2)19-6-8-21-9-7-19/h3-5,13H,6-11H2,1-2H3,(H2,16,17,20). The van der Waals surface area contributed by atoms with Crippen LogP contribution in [0.4, 0.5) is 4.79 Å². The summed E-state index contributed by atoms with van der Waals surface area (Å²) in [6.45, 7) is 8.54. The van der Waals surface area contributed by atoms with Gasteiger partial charge in [0.25, 0.3) is 0 Å². The lowest BCUT2D eigenvalue weighted by atomic mass is 10.2. The molecule has 1 aromatic heterocycles. The number of morpholine rings is 1. The lowest BCUT2D eigenvalue weighted by molar-refractivity contribution is 0.0209. The van der Waals surface area contributed by atoms with Crippen LogP contribution < -0.4 is 10.6 Å². The molecule has 21 heavy (non-hydrogen) atoms. The molecule has 116 valence electrons. The van der Waals surface area contributed by atoms with Crippen molar-refractivity contribution in [3.8, 4) is 0 Å². The third-order valence-electron chi connectivity index (χ3n) is 3.60. The molecule has 2 heterocycles. The minimum absolute atomic E-state index is 0.154. The Balaban J connectivity index is 1.67. The molecule has 1 saturated heterocycles. The summed E-state index contributed by atoms with van der Waals surface area (Å²) in [5, 5.41) is 5.73. The maximum Gasteiger partial charge on any atom is 0.315 e. The van der Waals surface area contributed by atoms with E-state index in [1.54, 1.807) is 0 Å². The molecule has 1 aliphatic rings. The highest BCUT2D eigenvalue weighted by Crippen LogP contribution is 2.02. The van der Waals surface area contributed by atoms with E-state index in [4.69, 9.17) is 4.74 Å². The molecule has 1 atom stereocenters. The van der Waals surface area contributed by atoms with E-state index < -0.39 is 0 Å². The number of hydrogen-bond acceptors (Lipinski definition) is 4. The van der Waals surface area contributed by atoms with Gasteiger partial charge in [0.05, 0.1) is 25.5 Å². The van der Waals surface area contributed by atoms with Gasteiger partial charge in [0.2, 0.25) is 0 Å². The van der Waals surface area contributed by atoms with Crippen molar-refractivity contribution in [1.29, 1.82) is 0 Å². The molecule has 0 radical (unpaired) electrons. The van der Waals surface area contributed by atoms with Crippen molar-refractivity contribution in [1.82, 2.24) is 20.5 Å². The average Bonchev–Trinajstić information content (AvgIpc) is 2.51. The molecule has 1 fully saturated rings. The molecule has 0 saturated carbocycles. The predicted molar refractivity (Wildman–Crippen MR) is 81.1 cm³/mol. The molecule has 1 aromatic rings. The third-order valence-corrected chi connectivity index (χ3v) is 3.60. The maximum absolute atomic E-state index is 11.8. The predicted octanol–water partition coefficient (Wildman–Crippen LogP) is 0.910. The number of nitrogens with one attached hydrogen (secondary N) is 2. The zero-order valence-electron chi connectivity index (χ0n) is 12.8. The van der Waals surface area contributed by atoms with Crippen molar-refractivity contribution in [3.63, 3.8) is 0 Å². The van der Waals surface area contributed by atoms with Crippen molar-refractivity contribution in [2.75, 3.05) is 32.8 Å². The van der Waals surface area contributed by atoms with E-state index in [2.05, 4.69) is 27.4 Å². The third kappa shape index (κ3) is 5.32. The molecule has 2 rings (SSSR count). The lowest BCUT2D eigenvalue weighted by Crippen LogP contribution is -2.48. The largest absolute Gasteiger partial charge is 0.379 e. The van der Waals surface area contributed by atoms with Crippen LogP contribution in [0, 0.1) is 6.92 Å². The molecular weight excluding hydrogens is 268 g/mol. The zero-order valence-corrected chi connectivity index (χ0v) is 12.8. The number of amides is 2. The second kappa shape index (κ2) is 7.95. The van der Waals surface area contributed by atoms with E-state index in [-0.39, 0.29) is 6.03 Å². The van der Waals surface area contributed by atoms with Crippen LogP contribution in [0.5, 0.6) is 0 Å². The summed E-state index contributed by atoms with van der Waals surface area (Å²) in [6.07, 6.45) is 0. The molecule has 1 aliphatic heterocycles. The zero-order chi connectivity index (χ0) is 15.1. The van der Waals surface area contributed by atoms with Gasteiger partial charge in [-0.05, 0) is 26.0 Å². The fourth-order valence-corrected chi connectivity index (χ4v) is 2.32. The number of urea groups is 1. The van der Waals surface area contributed by atoms with Gasteiger partial charge in [-0.15, -0.1) is 0 Å². The molecule has 0 spiro atoms. The first-order chi connectivity index (χ1) is 10.1. The average molecular weight is 292 g/mol. The summed E-state index contributed by atoms with van der Waals surface area (Å²) < 4.78 is 5.32. The summed E-state index contributed by atoms with van der Waals surface area (Å²) in [7, 11) is 0. The van der Waals surface area contributed by atoms with E-state index in [1.165, 1.54) is 0 Å². The van der Waals surface area contributed by atoms with E-state index in [0.717, 1.165) is 37.7 Å². The number of rotatable bonds is 5. The van der Waals surface area contributed by atoms with E-state index >= 15 is 0 Å². The first-order valence-electron chi connectivity index (χ1n) is 7.41. The molecule has 0 aliphatic carbocycles. The highest BCUT2D eigenvalue weighted by atomic mass is 16.5. The first kappa shape index (κ1) is 15.7. The van der Waals surface area contributed by atoms with Gasteiger partial charge in [-0.25, -0.2) is 4.79 Å².